The zero-order chi connectivity index (χ0) is 22.1. The summed E-state index contributed by atoms with van der Waals surface area (Å²) in [6.07, 6.45) is 0.848. The molecule has 0 saturated heterocycles. The van der Waals surface area contributed by atoms with E-state index in [9.17, 15) is 14.4 Å². The highest BCUT2D eigenvalue weighted by molar-refractivity contribution is 5.99. The Bertz CT molecular complexity index is 882. The van der Waals surface area contributed by atoms with E-state index in [1.54, 1.807) is 26.0 Å². The maximum Gasteiger partial charge on any atom is 0.309 e. The Hall–Kier alpha value is -3.42. The number of hydrogen-bond donors (Lipinski definition) is 0. The van der Waals surface area contributed by atoms with Gasteiger partial charge in [0.25, 0.3) is 0 Å². The van der Waals surface area contributed by atoms with E-state index in [0.29, 0.717) is 5.75 Å². The second-order valence-electron chi connectivity index (χ2n) is 6.68. The number of nitrogens with zero attached hydrogens (tertiary/aromatic N) is 1. The van der Waals surface area contributed by atoms with Gasteiger partial charge in [0.1, 0.15) is 18.5 Å². The summed E-state index contributed by atoms with van der Waals surface area (Å²) < 4.78 is 21.1. The van der Waals surface area contributed by atoms with Gasteiger partial charge in [0, 0.05) is 25.6 Å². The third-order valence-electron chi connectivity index (χ3n) is 4.03. The molecule has 0 N–H and O–H groups in total. The lowest BCUT2D eigenvalue weighted by atomic mass is 10.0. The molecule has 1 aromatic carbocycles. The van der Waals surface area contributed by atoms with Crippen LogP contribution in [-0.2, 0) is 14.3 Å². The zero-order valence-electron chi connectivity index (χ0n) is 17.4. The molecule has 0 saturated carbocycles. The largest absolute Gasteiger partial charge is 0.493 e. The monoisotopic (exact) mass is 415 g/mol. The summed E-state index contributed by atoms with van der Waals surface area (Å²) in [5, 5.41) is 0. The van der Waals surface area contributed by atoms with Gasteiger partial charge in [0.05, 0.1) is 13.0 Å². The minimum atomic E-state index is -0.723. The van der Waals surface area contributed by atoms with Crippen molar-refractivity contribution in [2.75, 3.05) is 13.7 Å². The molecule has 0 spiro atoms. The van der Waals surface area contributed by atoms with E-state index in [2.05, 4.69) is 4.98 Å². The van der Waals surface area contributed by atoms with E-state index in [-0.39, 0.29) is 36.3 Å². The van der Waals surface area contributed by atoms with Crippen molar-refractivity contribution >= 4 is 17.7 Å². The van der Waals surface area contributed by atoms with Crippen LogP contribution in [0.15, 0.2) is 42.6 Å². The van der Waals surface area contributed by atoms with Crippen molar-refractivity contribution in [2.24, 2.45) is 5.92 Å². The van der Waals surface area contributed by atoms with Crippen LogP contribution in [0.3, 0.4) is 0 Å². The number of Topliss-reactive ketones (excluding diaryl/α,β-unsaturated/α-hetero) is 1. The molecular formula is C22H25NO7. The van der Waals surface area contributed by atoms with Crippen LogP contribution >= 0.6 is 0 Å². The van der Waals surface area contributed by atoms with E-state index in [1.165, 1.54) is 26.3 Å². The predicted octanol–water partition coefficient (Wildman–Crippen LogP) is 3.24. The van der Waals surface area contributed by atoms with Gasteiger partial charge in [-0.25, -0.2) is 4.98 Å². The molecule has 1 aromatic heterocycles. The van der Waals surface area contributed by atoms with Crippen molar-refractivity contribution in [1.29, 1.82) is 0 Å². The number of carbonyl (C=O) groups excluding carboxylic acids is 3. The van der Waals surface area contributed by atoms with Crippen LogP contribution in [0.2, 0.25) is 0 Å². The minimum absolute atomic E-state index is 0.0440. The van der Waals surface area contributed by atoms with Crippen molar-refractivity contribution in [1.82, 2.24) is 4.98 Å². The van der Waals surface area contributed by atoms with Gasteiger partial charge in [-0.2, -0.15) is 0 Å². The number of ether oxygens (including phenoxy) is 4. The third kappa shape index (κ3) is 6.58. The summed E-state index contributed by atoms with van der Waals surface area (Å²) in [5.74, 6) is -1.54. The fraction of sp³-hybridized carbons (Fsp3) is 0.364. The van der Waals surface area contributed by atoms with Crippen LogP contribution in [-0.4, -0.2) is 42.5 Å². The summed E-state index contributed by atoms with van der Waals surface area (Å²) in [4.78, 5) is 40.3. The zero-order valence-corrected chi connectivity index (χ0v) is 17.4. The summed E-state index contributed by atoms with van der Waals surface area (Å²) >= 11 is 0. The summed E-state index contributed by atoms with van der Waals surface area (Å²) in [5.41, 5.74) is -0.0787. The average Bonchev–Trinajstić information content (AvgIpc) is 2.72. The first-order valence-electron chi connectivity index (χ1n) is 9.44. The number of hydrogen-bond acceptors (Lipinski definition) is 8. The minimum Gasteiger partial charge on any atom is -0.493 e. The van der Waals surface area contributed by atoms with Gasteiger partial charge in [-0.3, -0.25) is 14.4 Å². The first-order chi connectivity index (χ1) is 14.3. The molecule has 1 heterocycles. The molecule has 0 amide bonds. The molecule has 2 atom stereocenters. The van der Waals surface area contributed by atoms with E-state index in [0.717, 1.165) is 0 Å². The summed E-state index contributed by atoms with van der Waals surface area (Å²) in [6.45, 7) is 4.61. The van der Waals surface area contributed by atoms with Crippen molar-refractivity contribution in [3.63, 3.8) is 0 Å². The van der Waals surface area contributed by atoms with Crippen LogP contribution in [0.4, 0.5) is 0 Å². The SMILES string of the molecule is COc1ccnc(C(=O)C[C@@H](C)C(=O)OC[C@@H](C)Oc2ccccc2)c1OC(C)=O. The second-order valence-corrected chi connectivity index (χ2v) is 6.68. The molecule has 0 aliphatic rings. The maximum absolute atomic E-state index is 12.7. The molecule has 0 bridgehead atoms. The lowest BCUT2D eigenvalue weighted by Crippen LogP contribution is -2.25. The van der Waals surface area contributed by atoms with E-state index < -0.39 is 23.6 Å². The molecule has 2 aromatic rings. The second kappa shape index (κ2) is 10.9. The van der Waals surface area contributed by atoms with Gasteiger partial charge in [-0.1, -0.05) is 25.1 Å². The van der Waals surface area contributed by atoms with E-state index in [4.69, 9.17) is 18.9 Å². The number of carbonyl (C=O) groups is 3. The first kappa shape index (κ1) is 22.9. The normalized spacial score (nSPS) is 12.4. The summed E-state index contributed by atoms with van der Waals surface area (Å²) in [6, 6.07) is 10.7. The standard InChI is InChI=1S/C22H25NO7/c1-14(22(26)28-13-15(2)29-17-8-6-5-7-9-17)12-18(25)20-21(30-16(3)24)19(27-4)10-11-23-20/h5-11,14-15H,12-13H2,1-4H3/t14-,15-/m1/s1. The van der Waals surface area contributed by atoms with Gasteiger partial charge in [-0.15, -0.1) is 0 Å². The number of esters is 2. The number of para-hydroxylation sites is 1. The van der Waals surface area contributed by atoms with Gasteiger partial charge in [0.2, 0.25) is 5.75 Å². The molecule has 2 rings (SSSR count). The number of ketones is 1. The van der Waals surface area contributed by atoms with Crippen LogP contribution < -0.4 is 14.2 Å². The number of rotatable bonds is 10. The lowest BCUT2D eigenvalue weighted by Gasteiger charge is -2.17. The fourth-order valence-electron chi connectivity index (χ4n) is 2.60. The highest BCUT2D eigenvalue weighted by atomic mass is 16.6. The van der Waals surface area contributed by atoms with Crippen molar-refractivity contribution in [3.8, 4) is 17.2 Å². The Kier molecular flexibility index (Phi) is 8.34. The number of benzene rings is 1. The first-order valence-corrected chi connectivity index (χ1v) is 9.44. The van der Waals surface area contributed by atoms with Gasteiger partial charge < -0.3 is 18.9 Å². The van der Waals surface area contributed by atoms with Crippen molar-refractivity contribution in [2.45, 2.75) is 33.3 Å². The van der Waals surface area contributed by atoms with Crippen molar-refractivity contribution < 1.29 is 33.3 Å². The molecule has 0 aliphatic heterocycles. The fourth-order valence-corrected chi connectivity index (χ4v) is 2.60. The maximum atomic E-state index is 12.7. The van der Waals surface area contributed by atoms with Gasteiger partial charge in [-0.05, 0) is 19.1 Å². The van der Waals surface area contributed by atoms with Crippen molar-refractivity contribution in [3.05, 3.63) is 48.3 Å². The average molecular weight is 415 g/mol. The highest BCUT2D eigenvalue weighted by Crippen LogP contribution is 2.31. The Labute approximate surface area is 175 Å². The molecule has 0 unspecified atom stereocenters. The smallest absolute Gasteiger partial charge is 0.309 e. The van der Waals surface area contributed by atoms with Crippen LogP contribution in [0.1, 0.15) is 37.7 Å². The van der Waals surface area contributed by atoms with E-state index >= 15 is 0 Å². The topological polar surface area (TPSA) is 101 Å². The van der Waals surface area contributed by atoms with Gasteiger partial charge >= 0.3 is 11.9 Å². The third-order valence-corrected chi connectivity index (χ3v) is 4.03. The molecule has 8 heteroatoms. The van der Waals surface area contributed by atoms with Crippen LogP contribution in [0, 0.1) is 5.92 Å². The van der Waals surface area contributed by atoms with Gasteiger partial charge in [0.15, 0.2) is 17.2 Å². The van der Waals surface area contributed by atoms with Crippen LogP contribution in [0.5, 0.6) is 17.2 Å². The molecule has 0 aliphatic carbocycles. The Morgan fingerprint density at radius 2 is 1.77 bits per heavy atom. The molecule has 0 radical (unpaired) electrons. The molecule has 8 nitrogen and oxygen atoms in total. The highest BCUT2D eigenvalue weighted by Gasteiger charge is 2.25. The predicted molar refractivity (Wildman–Crippen MR) is 108 cm³/mol. The molecule has 0 fully saturated rings. The number of pyridine rings is 1. The summed E-state index contributed by atoms with van der Waals surface area (Å²) in [7, 11) is 1.38. The molecule has 30 heavy (non-hydrogen) atoms. The molecule has 160 valence electrons. The Balaban J connectivity index is 1.95. The number of aromatic nitrogens is 1. The van der Waals surface area contributed by atoms with E-state index in [1.807, 2.05) is 18.2 Å². The Morgan fingerprint density at radius 3 is 2.40 bits per heavy atom. The lowest BCUT2D eigenvalue weighted by molar-refractivity contribution is -0.150. The quantitative estimate of drug-likeness (QED) is 0.431. The number of methoxy groups -OCH3 is 1. The Morgan fingerprint density at radius 1 is 1.07 bits per heavy atom. The molecular weight excluding hydrogens is 390 g/mol. The van der Waals surface area contributed by atoms with Crippen LogP contribution in [0.25, 0.3) is 0 Å².